The van der Waals surface area contributed by atoms with Gasteiger partial charge in [-0.3, -0.25) is 18.8 Å². The first-order valence-electron chi connectivity index (χ1n) is 9.43. The molecule has 0 N–H and O–H groups in total. The van der Waals surface area contributed by atoms with E-state index in [2.05, 4.69) is 35.5 Å². The molecule has 0 aliphatic rings. The molecule has 0 spiro atoms. The molecule has 0 aliphatic carbocycles. The topological polar surface area (TPSA) is 65.1 Å². The average Bonchev–Trinajstić information content (AvgIpc) is 3.13. The second kappa shape index (κ2) is 8.39. The Balaban J connectivity index is 1.79. The molecule has 2 heterocycles. The summed E-state index contributed by atoms with van der Waals surface area (Å²) in [7, 11) is 3.13. The Morgan fingerprint density at radius 3 is 2.57 bits per heavy atom. The van der Waals surface area contributed by atoms with E-state index in [0.717, 1.165) is 24.1 Å². The van der Waals surface area contributed by atoms with E-state index in [-0.39, 0.29) is 17.3 Å². The van der Waals surface area contributed by atoms with Gasteiger partial charge in [-0.15, -0.1) is 6.58 Å². The van der Waals surface area contributed by atoms with Crippen molar-refractivity contribution < 1.29 is 0 Å². The predicted octanol–water partition coefficient (Wildman–Crippen LogP) is 1.90. The minimum Gasteiger partial charge on any atom is -0.325 e. The van der Waals surface area contributed by atoms with Gasteiger partial charge in [0.2, 0.25) is 0 Å². The van der Waals surface area contributed by atoms with Crippen LogP contribution in [0.3, 0.4) is 0 Å². The summed E-state index contributed by atoms with van der Waals surface area (Å²) >= 11 is 0. The molecule has 7 heteroatoms. The lowest BCUT2D eigenvalue weighted by Gasteiger charge is -2.28. The van der Waals surface area contributed by atoms with Gasteiger partial charge in [-0.05, 0) is 18.9 Å². The maximum absolute atomic E-state index is 12.6. The third-order valence-electron chi connectivity index (χ3n) is 5.22. The number of rotatable bonds is 8. The SMILES string of the molecule is C=CCN(Cc1ccccc1)C(C)CCn1cnc2c1c(=O)n(C)c(=O)n2C. The van der Waals surface area contributed by atoms with Crippen LogP contribution in [0.25, 0.3) is 11.2 Å². The van der Waals surface area contributed by atoms with Crippen molar-refractivity contribution in [1.29, 1.82) is 0 Å². The van der Waals surface area contributed by atoms with Crippen molar-refractivity contribution in [3.63, 3.8) is 0 Å². The Hall–Kier alpha value is -2.93. The monoisotopic (exact) mass is 381 g/mol. The molecule has 3 aromatic rings. The Labute approximate surface area is 164 Å². The lowest BCUT2D eigenvalue weighted by molar-refractivity contribution is 0.207. The average molecular weight is 381 g/mol. The fourth-order valence-corrected chi connectivity index (χ4v) is 3.46. The molecule has 0 saturated carbocycles. The van der Waals surface area contributed by atoms with Crippen LogP contribution in [0.5, 0.6) is 0 Å². The van der Waals surface area contributed by atoms with Gasteiger partial charge in [0.1, 0.15) is 0 Å². The van der Waals surface area contributed by atoms with E-state index >= 15 is 0 Å². The quantitative estimate of drug-likeness (QED) is 0.559. The Kier molecular flexibility index (Phi) is 5.94. The number of aryl methyl sites for hydroxylation is 2. The van der Waals surface area contributed by atoms with E-state index in [9.17, 15) is 9.59 Å². The van der Waals surface area contributed by atoms with Crippen LogP contribution in [0.4, 0.5) is 0 Å². The second-order valence-corrected chi connectivity index (χ2v) is 7.16. The van der Waals surface area contributed by atoms with Gasteiger partial charge >= 0.3 is 5.69 Å². The fraction of sp³-hybridized carbons (Fsp3) is 0.381. The highest BCUT2D eigenvalue weighted by Crippen LogP contribution is 2.13. The van der Waals surface area contributed by atoms with Crippen LogP contribution in [0.1, 0.15) is 18.9 Å². The van der Waals surface area contributed by atoms with Crippen molar-refractivity contribution >= 4 is 11.2 Å². The smallest absolute Gasteiger partial charge is 0.325 e. The van der Waals surface area contributed by atoms with Crippen LogP contribution in [-0.2, 0) is 27.2 Å². The molecule has 148 valence electrons. The first kappa shape index (κ1) is 19.8. The summed E-state index contributed by atoms with van der Waals surface area (Å²) < 4.78 is 4.39. The Morgan fingerprint density at radius 2 is 1.89 bits per heavy atom. The van der Waals surface area contributed by atoms with Crippen LogP contribution in [-0.4, -0.2) is 36.2 Å². The van der Waals surface area contributed by atoms with Gasteiger partial charge in [0, 0.05) is 39.8 Å². The Bertz CT molecular complexity index is 1080. The zero-order valence-corrected chi connectivity index (χ0v) is 16.7. The van der Waals surface area contributed by atoms with Gasteiger partial charge < -0.3 is 4.57 Å². The summed E-state index contributed by atoms with van der Waals surface area (Å²) in [6.45, 7) is 8.34. The molecular weight excluding hydrogens is 354 g/mol. The van der Waals surface area contributed by atoms with Gasteiger partial charge in [0.25, 0.3) is 5.56 Å². The zero-order chi connectivity index (χ0) is 20.3. The summed E-state index contributed by atoms with van der Waals surface area (Å²) in [6.07, 6.45) is 4.41. The molecule has 2 aromatic heterocycles. The Morgan fingerprint density at radius 1 is 1.18 bits per heavy atom. The molecule has 1 atom stereocenters. The van der Waals surface area contributed by atoms with Crippen molar-refractivity contribution in [3.8, 4) is 0 Å². The van der Waals surface area contributed by atoms with Crippen LogP contribution >= 0.6 is 0 Å². The number of benzene rings is 1. The highest BCUT2D eigenvalue weighted by molar-refractivity contribution is 5.69. The highest BCUT2D eigenvalue weighted by atomic mass is 16.2. The van der Waals surface area contributed by atoms with Crippen LogP contribution in [0.2, 0.25) is 0 Å². The van der Waals surface area contributed by atoms with E-state index < -0.39 is 0 Å². The molecule has 0 amide bonds. The van der Waals surface area contributed by atoms with E-state index in [1.54, 1.807) is 13.4 Å². The summed E-state index contributed by atoms with van der Waals surface area (Å²) in [5.41, 5.74) is 1.47. The van der Waals surface area contributed by atoms with Crippen molar-refractivity contribution in [1.82, 2.24) is 23.6 Å². The van der Waals surface area contributed by atoms with Gasteiger partial charge in [-0.25, -0.2) is 9.78 Å². The lowest BCUT2D eigenvalue weighted by atomic mass is 10.1. The van der Waals surface area contributed by atoms with E-state index in [0.29, 0.717) is 17.7 Å². The number of fused-ring (bicyclic) bond motifs is 1. The summed E-state index contributed by atoms with van der Waals surface area (Å²) in [6, 6.07) is 10.6. The molecule has 3 rings (SSSR count). The summed E-state index contributed by atoms with van der Waals surface area (Å²) in [5.74, 6) is 0. The molecule has 0 fully saturated rings. The molecule has 0 saturated heterocycles. The molecule has 1 aromatic carbocycles. The van der Waals surface area contributed by atoms with Gasteiger partial charge in [0.15, 0.2) is 11.2 Å². The van der Waals surface area contributed by atoms with Crippen molar-refractivity contribution in [2.45, 2.75) is 32.5 Å². The molecule has 1 unspecified atom stereocenters. The van der Waals surface area contributed by atoms with Crippen LogP contribution in [0, 0.1) is 0 Å². The molecule has 0 radical (unpaired) electrons. The third-order valence-corrected chi connectivity index (χ3v) is 5.22. The van der Waals surface area contributed by atoms with Crippen molar-refractivity contribution in [2.75, 3.05) is 6.54 Å². The van der Waals surface area contributed by atoms with Crippen molar-refractivity contribution in [3.05, 3.63) is 75.7 Å². The summed E-state index contributed by atoms with van der Waals surface area (Å²) in [4.78, 5) is 31.3. The normalized spacial score (nSPS) is 12.6. The predicted molar refractivity (Wildman–Crippen MR) is 111 cm³/mol. The maximum Gasteiger partial charge on any atom is 0.332 e. The molecular formula is C21H27N5O2. The minimum atomic E-state index is -0.365. The fourth-order valence-electron chi connectivity index (χ4n) is 3.46. The van der Waals surface area contributed by atoms with Crippen LogP contribution in [0.15, 0.2) is 58.9 Å². The molecule has 28 heavy (non-hydrogen) atoms. The highest BCUT2D eigenvalue weighted by Gasteiger charge is 2.17. The first-order valence-corrected chi connectivity index (χ1v) is 9.43. The van der Waals surface area contributed by atoms with Crippen molar-refractivity contribution in [2.24, 2.45) is 14.1 Å². The second-order valence-electron chi connectivity index (χ2n) is 7.16. The zero-order valence-electron chi connectivity index (χ0n) is 16.7. The maximum atomic E-state index is 12.6. The standard InChI is InChI=1S/C21H27N5O2/c1-5-12-25(14-17-9-7-6-8-10-17)16(2)11-13-26-15-22-19-18(26)20(27)24(4)21(28)23(19)3/h5-10,15-16H,1,11-14H2,2-4H3. The first-order chi connectivity index (χ1) is 13.4. The summed E-state index contributed by atoms with van der Waals surface area (Å²) in [5, 5.41) is 0. The number of nitrogens with zero attached hydrogens (tertiary/aromatic N) is 5. The molecule has 0 bridgehead atoms. The number of imidazole rings is 1. The molecule has 7 nitrogen and oxygen atoms in total. The van der Waals surface area contributed by atoms with E-state index in [1.165, 1.54) is 17.2 Å². The number of hydrogen-bond acceptors (Lipinski definition) is 4. The number of aromatic nitrogens is 4. The molecule has 0 aliphatic heterocycles. The van der Waals surface area contributed by atoms with Gasteiger partial charge in [-0.1, -0.05) is 36.4 Å². The third kappa shape index (κ3) is 3.84. The lowest BCUT2D eigenvalue weighted by Crippen LogP contribution is -2.38. The minimum absolute atomic E-state index is 0.284. The van der Waals surface area contributed by atoms with Gasteiger partial charge in [-0.2, -0.15) is 0 Å². The largest absolute Gasteiger partial charge is 0.332 e. The number of hydrogen-bond donors (Lipinski definition) is 0. The van der Waals surface area contributed by atoms with Crippen LogP contribution < -0.4 is 11.2 Å². The van der Waals surface area contributed by atoms with E-state index in [1.807, 2.05) is 28.8 Å². The van der Waals surface area contributed by atoms with E-state index in [4.69, 9.17) is 0 Å². The van der Waals surface area contributed by atoms with Gasteiger partial charge in [0.05, 0.1) is 6.33 Å².